The number of hydrogen-bond acceptors (Lipinski definition) is 3. The zero-order valence-electron chi connectivity index (χ0n) is 13.9. The molecule has 0 spiro atoms. The summed E-state index contributed by atoms with van der Waals surface area (Å²) in [6.07, 6.45) is 2.63. The third-order valence-electron chi connectivity index (χ3n) is 4.33. The minimum absolute atomic E-state index is 0.0612. The van der Waals surface area contributed by atoms with Crippen LogP contribution in [-0.4, -0.2) is 26.5 Å². The van der Waals surface area contributed by atoms with Gasteiger partial charge in [0.15, 0.2) is 0 Å². The van der Waals surface area contributed by atoms with Crippen LogP contribution in [-0.2, 0) is 17.5 Å². The Morgan fingerprint density at radius 1 is 1.22 bits per heavy atom. The predicted octanol–water partition coefficient (Wildman–Crippen LogP) is 4.05. The number of hydrogen-bond donors (Lipinski definition) is 1. The molecule has 0 radical (unpaired) electrons. The summed E-state index contributed by atoms with van der Waals surface area (Å²) in [5, 5.41) is 3.26. The van der Waals surface area contributed by atoms with Crippen LogP contribution in [0.25, 0.3) is 22.2 Å². The largest absolute Gasteiger partial charge is 0.417 e. The van der Waals surface area contributed by atoms with Gasteiger partial charge in [0.25, 0.3) is 0 Å². The Morgan fingerprint density at radius 3 is 2.67 bits per heavy atom. The van der Waals surface area contributed by atoms with E-state index < -0.39 is 11.7 Å². The van der Waals surface area contributed by atoms with E-state index in [0.29, 0.717) is 21.6 Å². The van der Waals surface area contributed by atoms with Gasteiger partial charge in [0.05, 0.1) is 16.1 Å². The molecule has 27 heavy (non-hydrogen) atoms. The fraction of sp³-hybridized carbons (Fsp3) is 0.278. The Morgan fingerprint density at radius 2 is 1.96 bits per heavy atom. The lowest BCUT2D eigenvalue weighted by atomic mass is 10.1. The topological polar surface area (TPSA) is 59.8 Å². The molecule has 0 atom stereocenters. The molecule has 1 amide bonds. The van der Waals surface area contributed by atoms with E-state index in [9.17, 15) is 18.0 Å². The van der Waals surface area contributed by atoms with Crippen molar-refractivity contribution in [1.82, 2.24) is 19.9 Å². The van der Waals surface area contributed by atoms with E-state index in [1.54, 1.807) is 16.8 Å². The lowest BCUT2D eigenvalue weighted by Gasteiger charge is -2.09. The minimum atomic E-state index is -4.48. The Labute approximate surface area is 157 Å². The normalized spacial score (nSPS) is 14.5. The quantitative estimate of drug-likeness (QED) is 0.726. The van der Waals surface area contributed by atoms with E-state index in [1.165, 1.54) is 12.4 Å². The van der Waals surface area contributed by atoms with Crippen molar-refractivity contribution in [2.24, 2.45) is 0 Å². The third kappa shape index (κ3) is 3.75. The van der Waals surface area contributed by atoms with Gasteiger partial charge < -0.3 is 9.88 Å². The second-order valence-electron chi connectivity index (χ2n) is 6.50. The molecule has 5 nitrogen and oxygen atoms in total. The predicted molar refractivity (Wildman–Crippen MR) is 94.1 cm³/mol. The zero-order valence-corrected chi connectivity index (χ0v) is 14.7. The molecule has 3 aromatic rings. The molecule has 1 aliphatic carbocycles. The van der Waals surface area contributed by atoms with E-state index in [1.807, 2.05) is 0 Å². The lowest BCUT2D eigenvalue weighted by Crippen LogP contribution is -2.29. The Kier molecular flexibility index (Phi) is 4.30. The van der Waals surface area contributed by atoms with Crippen molar-refractivity contribution in [1.29, 1.82) is 0 Å². The number of carbonyl (C=O) groups excluding carboxylic acids is 1. The number of nitrogens with one attached hydrogen (secondary N) is 1. The molecule has 3 aromatic heterocycles. The fourth-order valence-corrected chi connectivity index (χ4v) is 3.08. The molecule has 1 saturated carbocycles. The van der Waals surface area contributed by atoms with Gasteiger partial charge in [0.2, 0.25) is 5.91 Å². The Bertz CT molecular complexity index is 1030. The van der Waals surface area contributed by atoms with Crippen LogP contribution in [0.3, 0.4) is 0 Å². The Balaban J connectivity index is 1.71. The van der Waals surface area contributed by atoms with Crippen LogP contribution in [0.5, 0.6) is 0 Å². The van der Waals surface area contributed by atoms with E-state index in [2.05, 4.69) is 15.3 Å². The van der Waals surface area contributed by atoms with Gasteiger partial charge in [-0.1, -0.05) is 11.6 Å². The van der Waals surface area contributed by atoms with Crippen molar-refractivity contribution >= 4 is 28.5 Å². The van der Waals surface area contributed by atoms with Crippen molar-refractivity contribution in [3.05, 3.63) is 47.5 Å². The standard InChI is InChI=1S/C18H14ClF3N4O/c19-14-8-26(9-16(27)25-13-1-2-13)15-4-11(6-24-17(14)15)10-3-12(7-23-5-10)18(20,21)22/h3-8,13H,1-2,9H2,(H,25,27). The molecule has 1 fully saturated rings. The first kappa shape index (κ1) is 17.8. The van der Waals surface area contributed by atoms with Crippen LogP contribution in [0.2, 0.25) is 5.02 Å². The second kappa shape index (κ2) is 6.53. The van der Waals surface area contributed by atoms with Gasteiger partial charge in [0.1, 0.15) is 12.1 Å². The minimum Gasteiger partial charge on any atom is -0.352 e. The summed E-state index contributed by atoms with van der Waals surface area (Å²) in [7, 11) is 0. The molecule has 3 heterocycles. The number of nitrogens with zero attached hydrogens (tertiary/aromatic N) is 3. The van der Waals surface area contributed by atoms with Crippen LogP contribution in [0.1, 0.15) is 18.4 Å². The van der Waals surface area contributed by atoms with Crippen molar-refractivity contribution < 1.29 is 18.0 Å². The van der Waals surface area contributed by atoms with Gasteiger partial charge >= 0.3 is 6.18 Å². The van der Waals surface area contributed by atoms with Crippen molar-refractivity contribution in [2.75, 3.05) is 0 Å². The van der Waals surface area contributed by atoms with Crippen LogP contribution in [0, 0.1) is 0 Å². The van der Waals surface area contributed by atoms with Gasteiger partial charge in [-0.25, -0.2) is 0 Å². The van der Waals surface area contributed by atoms with Crippen LogP contribution in [0.4, 0.5) is 13.2 Å². The average molecular weight is 395 g/mol. The molecular weight excluding hydrogens is 381 g/mol. The first-order chi connectivity index (χ1) is 12.8. The first-order valence-corrected chi connectivity index (χ1v) is 8.65. The molecule has 0 saturated heterocycles. The highest BCUT2D eigenvalue weighted by Crippen LogP contribution is 2.33. The van der Waals surface area contributed by atoms with Crippen molar-refractivity contribution in [3.8, 4) is 11.1 Å². The van der Waals surface area contributed by atoms with E-state index in [4.69, 9.17) is 11.6 Å². The first-order valence-electron chi connectivity index (χ1n) is 8.27. The van der Waals surface area contributed by atoms with Gasteiger partial charge in [-0.3, -0.25) is 14.8 Å². The van der Waals surface area contributed by atoms with Gasteiger partial charge in [0, 0.05) is 42.0 Å². The van der Waals surface area contributed by atoms with Crippen LogP contribution in [0.15, 0.2) is 36.9 Å². The monoisotopic (exact) mass is 394 g/mol. The summed E-state index contributed by atoms with van der Waals surface area (Å²) in [5.41, 5.74) is 0.961. The number of aromatic nitrogens is 3. The van der Waals surface area contributed by atoms with Crippen molar-refractivity contribution in [2.45, 2.75) is 31.6 Å². The maximum atomic E-state index is 12.9. The number of pyridine rings is 2. The fourth-order valence-electron chi connectivity index (χ4n) is 2.82. The number of amides is 1. The number of carbonyl (C=O) groups is 1. The number of alkyl halides is 3. The molecule has 1 N–H and O–H groups in total. The highest BCUT2D eigenvalue weighted by Gasteiger charge is 2.31. The maximum absolute atomic E-state index is 12.9. The van der Waals surface area contributed by atoms with Gasteiger partial charge in [-0.05, 0) is 25.0 Å². The summed E-state index contributed by atoms with van der Waals surface area (Å²) in [6.45, 7) is 0.0612. The maximum Gasteiger partial charge on any atom is 0.417 e. The number of fused-ring (bicyclic) bond motifs is 1. The summed E-state index contributed by atoms with van der Waals surface area (Å²) in [5.74, 6) is -0.141. The molecule has 0 bridgehead atoms. The molecule has 4 rings (SSSR count). The van der Waals surface area contributed by atoms with Gasteiger partial charge in [-0.15, -0.1) is 0 Å². The molecule has 0 unspecified atom stereocenters. The zero-order chi connectivity index (χ0) is 19.2. The van der Waals surface area contributed by atoms with E-state index in [-0.39, 0.29) is 24.1 Å². The third-order valence-corrected chi connectivity index (χ3v) is 4.60. The van der Waals surface area contributed by atoms with Gasteiger partial charge in [-0.2, -0.15) is 13.2 Å². The molecular formula is C18H14ClF3N4O. The molecule has 140 valence electrons. The summed E-state index contributed by atoms with van der Waals surface area (Å²) < 4.78 is 40.5. The van der Waals surface area contributed by atoms with E-state index in [0.717, 1.165) is 25.1 Å². The number of rotatable bonds is 4. The highest BCUT2D eigenvalue weighted by atomic mass is 35.5. The molecule has 0 aliphatic heterocycles. The summed E-state index contributed by atoms with van der Waals surface area (Å²) in [6, 6.07) is 2.92. The Hall–Kier alpha value is -2.61. The number of halogens is 4. The smallest absolute Gasteiger partial charge is 0.352 e. The lowest BCUT2D eigenvalue weighted by molar-refractivity contribution is -0.137. The van der Waals surface area contributed by atoms with Crippen LogP contribution < -0.4 is 5.32 Å². The highest BCUT2D eigenvalue weighted by molar-refractivity contribution is 6.35. The summed E-state index contributed by atoms with van der Waals surface area (Å²) in [4.78, 5) is 20.0. The molecule has 9 heteroatoms. The summed E-state index contributed by atoms with van der Waals surface area (Å²) >= 11 is 6.19. The molecule has 1 aliphatic rings. The van der Waals surface area contributed by atoms with Crippen molar-refractivity contribution in [3.63, 3.8) is 0 Å². The van der Waals surface area contributed by atoms with Crippen LogP contribution >= 0.6 is 11.6 Å². The SMILES string of the molecule is O=C(Cn1cc(Cl)c2ncc(-c3cncc(C(F)(F)F)c3)cc21)NC1CC1. The van der Waals surface area contributed by atoms with E-state index >= 15 is 0 Å². The molecule has 0 aromatic carbocycles. The second-order valence-corrected chi connectivity index (χ2v) is 6.91. The average Bonchev–Trinajstić information content (AvgIpc) is 3.38.